The molecule has 0 atom stereocenters. The minimum Gasteiger partial charge on any atom is -0.327 e. The minimum absolute atomic E-state index is 0.185. The molecular weight excluding hydrogens is 100 g/mol. The van der Waals surface area contributed by atoms with Crippen LogP contribution in [0.25, 0.3) is 0 Å². The Morgan fingerprint density at radius 2 is 2.14 bits per heavy atom. The molecule has 7 heavy (non-hydrogen) atoms. The maximum atomic E-state index is 11.1. The van der Waals surface area contributed by atoms with E-state index in [1.807, 2.05) is 0 Å². The van der Waals surface area contributed by atoms with Gasteiger partial charge in [-0.3, -0.25) is 0 Å². The van der Waals surface area contributed by atoms with Crippen LogP contribution in [0.4, 0.5) is 8.78 Å². The van der Waals surface area contributed by atoms with Crippen molar-refractivity contribution in [3.63, 3.8) is 0 Å². The molecule has 0 saturated carbocycles. The van der Waals surface area contributed by atoms with Crippen molar-refractivity contribution in [1.29, 1.82) is 0 Å². The molecule has 2 N–H and O–H groups in total. The highest BCUT2D eigenvalue weighted by atomic mass is 19.3. The van der Waals surface area contributed by atoms with E-state index in [2.05, 4.69) is 0 Å². The van der Waals surface area contributed by atoms with Crippen LogP contribution >= 0.6 is 0 Å². The van der Waals surface area contributed by atoms with Gasteiger partial charge in [-0.05, 0) is 6.08 Å². The van der Waals surface area contributed by atoms with Crippen LogP contribution in [0, 0.1) is 0 Å². The highest BCUT2D eigenvalue weighted by molar-refractivity contribution is 4.84. The maximum absolute atomic E-state index is 11.1. The molecule has 3 heteroatoms. The van der Waals surface area contributed by atoms with Gasteiger partial charge in [-0.25, -0.2) is 8.78 Å². The molecule has 0 aliphatic heterocycles. The Bertz CT molecular complexity index is 60.7. The zero-order chi connectivity index (χ0) is 5.70. The fourth-order valence-corrected chi connectivity index (χ4v) is 0.181. The quantitative estimate of drug-likeness (QED) is 0.518. The van der Waals surface area contributed by atoms with E-state index in [0.717, 1.165) is 6.08 Å². The van der Waals surface area contributed by atoms with Crippen molar-refractivity contribution in [3.05, 3.63) is 12.2 Å². The molecule has 0 unspecified atom stereocenters. The molecule has 1 nitrogen and oxygen atoms in total. The normalized spacial score (nSPS) is 11.4. The van der Waals surface area contributed by atoms with Crippen molar-refractivity contribution in [2.75, 3.05) is 6.54 Å². The first-order valence-electron chi connectivity index (χ1n) is 1.92. The third kappa shape index (κ3) is 5.56. The second-order valence-corrected chi connectivity index (χ2v) is 0.998. The lowest BCUT2D eigenvalue weighted by atomic mass is 10.5. The van der Waals surface area contributed by atoms with E-state index < -0.39 is 6.43 Å². The van der Waals surface area contributed by atoms with Crippen molar-refractivity contribution in [3.8, 4) is 0 Å². The van der Waals surface area contributed by atoms with Gasteiger partial charge in [0.05, 0.1) is 0 Å². The van der Waals surface area contributed by atoms with Crippen LogP contribution in [0.1, 0.15) is 0 Å². The van der Waals surface area contributed by atoms with E-state index in [-0.39, 0.29) is 6.54 Å². The van der Waals surface area contributed by atoms with Crippen LogP contribution in [0.15, 0.2) is 12.2 Å². The molecular formula is C4H7F2N. The van der Waals surface area contributed by atoms with Crippen LogP contribution in [-0.2, 0) is 0 Å². The first-order chi connectivity index (χ1) is 3.27. The van der Waals surface area contributed by atoms with Crippen LogP contribution in [0.2, 0.25) is 0 Å². The smallest absolute Gasteiger partial charge is 0.257 e. The Kier molecular flexibility index (Phi) is 3.50. The fraction of sp³-hybridized carbons (Fsp3) is 0.500. The minimum atomic E-state index is -2.36. The molecule has 0 aliphatic rings. The summed E-state index contributed by atoms with van der Waals surface area (Å²) in [6.45, 7) is 0.185. The number of rotatable bonds is 2. The van der Waals surface area contributed by atoms with Crippen molar-refractivity contribution in [2.45, 2.75) is 6.43 Å². The van der Waals surface area contributed by atoms with Crippen LogP contribution in [-0.4, -0.2) is 13.0 Å². The summed E-state index contributed by atoms with van der Waals surface area (Å²) in [5, 5.41) is 0. The molecule has 0 aliphatic carbocycles. The van der Waals surface area contributed by atoms with Gasteiger partial charge in [0.15, 0.2) is 0 Å². The third-order valence-corrected chi connectivity index (χ3v) is 0.418. The van der Waals surface area contributed by atoms with E-state index in [1.54, 1.807) is 0 Å². The lowest BCUT2D eigenvalue weighted by Crippen LogP contribution is -1.93. The molecule has 0 aromatic rings. The Balaban J connectivity index is 3.08. The molecule has 0 amide bonds. The summed E-state index contributed by atoms with van der Waals surface area (Å²) >= 11 is 0. The van der Waals surface area contributed by atoms with Gasteiger partial charge in [-0.1, -0.05) is 6.08 Å². The van der Waals surface area contributed by atoms with E-state index in [1.165, 1.54) is 6.08 Å². The topological polar surface area (TPSA) is 26.0 Å². The number of halogens is 2. The number of hydrogen-bond donors (Lipinski definition) is 1. The van der Waals surface area contributed by atoms with E-state index in [0.29, 0.717) is 0 Å². The molecule has 0 radical (unpaired) electrons. The van der Waals surface area contributed by atoms with E-state index >= 15 is 0 Å². The second-order valence-electron chi connectivity index (χ2n) is 0.998. The molecule has 42 valence electrons. The molecule has 0 rings (SSSR count). The zero-order valence-corrected chi connectivity index (χ0v) is 3.77. The summed E-state index contributed by atoms with van der Waals surface area (Å²) in [5.41, 5.74) is 4.86. The number of alkyl halides is 2. The average Bonchev–Trinajstić information content (AvgIpc) is 1.61. The molecule has 0 heterocycles. The van der Waals surface area contributed by atoms with Crippen LogP contribution < -0.4 is 5.73 Å². The van der Waals surface area contributed by atoms with Crippen molar-refractivity contribution >= 4 is 0 Å². The summed E-state index contributed by atoms with van der Waals surface area (Å²) in [7, 11) is 0. The predicted octanol–water partition coefficient (Wildman–Crippen LogP) is 0.766. The summed E-state index contributed by atoms with van der Waals surface area (Å²) in [5.74, 6) is 0. The van der Waals surface area contributed by atoms with Gasteiger partial charge in [-0.2, -0.15) is 0 Å². The Morgan fingerprint density at radius 3 is 2.29 bits per heavy atom. The maximum Gasteiger partial charge on any atom is 0.257 e. The Morgan fingerprint density at radius 1 is 1.57 bits per heavy atom. The Hall–Kier alpha value is -0.440. The standard InChI is InChI=1S/C4H7F2N/c5-4(6)2-1-3-7/h1-2,4H,3,7H2/b2-1+. The fourth-order valence-electron chi connectivity index (χ4n) is 0.181. The SMILES string of the molecule is NC/C=C/C(F)F. The molecule has 0 fully saturated rings. The van der Waals surface area contributed by atoms with Gasteiger partial charge in [-0.15, -0.1) is 0 Å². The Labute approximate surface area is 40.8 Å². The average molecular weight is 107 g/mol. The number of hydrogen-bond acceptors (Lipinski definition) is 1. The molecule has 0 aromatic carbocycles. The van der Waals surface area contributed by atoms with E-state index in [9.17, 15) is 8.78 Å². The summed E-state index contributed by atoms with van der Waals surface area (Å²) in [6.07, 6.45) is -0.367. The first kappa shape index (κ1) is 6.56. The number of allylic oxidation sites excluding steroid dienone is 1. The summed E-state index contributed by atoms with van der Waals surface area (Å²) < 4.78 is 22.2. The van der Waals surface area contributed by atoms with E-state index in [4.69, 9.17) is 5.73 Å². The lowest BCUT2D eigenvalue weighted by Gasteiger charge is -1.81. The van der Waals surface area contributed by atoms with Crippen molar-refractivity contribution < 1.29 is 8.78 Å². The van der Waals surface area contributed by atoms with Gasteiger partial charge < -0.3 is 5.73 Å². The second kappa shape index (κ2) is 3.74. The number of nitrogens with two attached hydrogens (primary N) is 1. The van der Waals surface area contributed by atoms with Crippen molar-refractivity contribution in [2.24, 2.45) is 5.73 Å². The van der Waals surface area contributed by atoms with Gasteiger partial charge in [0.2, 0.25) is 0 Å². The summed E-state index contributed by atoms with van der Waals surface area (Å²) in [6, 6.07) is 0. The highest BCUT2D eigenvalue weighted by Gasteiger charge is 1.88. The van der Waals surface area contributed by atoms with Gasteiger partial charge in [0, 0.05) is 6.54 Å². The van der Waals surface area contributed by atoms with Crippen molar-refractivity contribution in [1.82, 2.24) is 0 Å². The largest absolute Gasteiger partial charge is 0.327 e. The molecule has 0 aromatic heterocycles. The first-order valence-corrected chi connectivity index (χ1v) is 1.92. The van der Waals surface area contributed by atoms with Gasteiger partial charge >= 0.3 is 0 Å². The van der Waals surface area contributed by atoms with Crippen LogP contribution in [0.3, 0.4) is 0 Å². The summed E-state index contributed by atoms with van der Waals surface area (Å²) in [4.78, 5) is 0. The molecule has 0 spiro atoms. The molecule has 0 saturated heterocycles. The highest BCUT2D eigenvalue weighted by Crippen LogP contribution is 1.90. The monoisotopic (exact) mass is 107 g/mol. The van der Waals surface area contributed by atoms with Gasteiger partial charge in [0.25, 0.3) is 6.43 Å². The third-order valence-electron chi connectivity index (χ3n) is 0.418. The lowest BCUT2D eigenvalue weighted by molar-refractivity contribution is 0.204. The molecule has 0 bridgehead atoms. The van der Waals surface area contributed by atoms with Crippen LogP contribution in [0.5, 0.6) is 0 Å². The van der Waals surface area contributed by atoms with Gasteiger partial charge in [0.1, 0.15) is 0 Å². The zero-order valence-electron chi connectivity index (χ0n) is 3.77. The predicted molar refractivity (Wildman–Crippen MR) is 24.2 cm³/mol.